The van der Waals surface area contributed by atoms with Crippen LogP contribution in [-0.2, 0) is 19.3 Å². The van der Waals surface area contributed by atoms with Crippen LogP contribution in [0.4, 0.5) is 0 Å². The van der Waals surface area contributed by atoms with E-state index in [9.17, 15) is 8.42 Å². The van der Waals surface area contributed by atoms with Crippen LogP contribution in [-0.4, -0.2) is 35.7 Å². The fourth-order valence-electron chi connectivity index (χ4n) is 3.23. The van der Waals surface area contributed by atoms with Gasteiger partial charge in [-0.1, -0.05) is 17.7 Å². The van der Waals surface area contributed by atoms with E-state index in [1.54, 1.807) is 42.6 Å². The molecule has 3 heterocycles. The van der Waals surface area contributed by atoms with Gasteiger partial charge in [0.25, 0.3) is 10.0 Å². The largest absolute Gasteiger partial charge is 0.513 e. The molecule has 1 fully saturated rings. The minimum Gasteiger partial charge on any atom is -0.398 e. The van der Waals surface area contributed by atoms with Crippen molar-refractivity contribution in [3.63, 3.8) is 0 Å². The molecule has 4 rings (SSSR count). The number of rotatable bonds is 3. The average Bonchev–Trinajstić information content (AvgIpc) is 3.10. The summed E-state index contributed by atoms with van der Waals surface area (Å²) in [7, 11) is -4.71. The van der Waals surface area contributed by atoms with Crippen molar-refractivity contribution in [2.75, 3.05) is 0 Å². The number of hydrogen-bond donors (Lipinski definition) is 0. The molecule has 0 amide bonds. The van der Waals surface area contributed by atoms with E-state index in [4.69, 9.17) is 9.31 Å². The van der Waals surface area contributed by atoms with Gasteiger partial charge in [0.05, 0.1) is 21.7 Å². The van der Waals surface area contributed by atoms with Gasteiger partial charge >= 0.3 is 7.12 Å². The summed E-state index contributed by atoms with van der Waals surface area (Å²) in [6, 6.07) is 12.1. The van der Waals surface area contributed by atoms with Crippen LogP contribution in [0.15, 0.2) is 53.6 Å². The molecule has 0 N–H and O–H groups in total. The van der Waals surface area contributed by atoms with Gasteiger partial charge < -0.3 is 9.31 Å². The lowest BCUT2D eigenvalue weighted by atomic mass is 9.85. The second kappa shape index (κ2) is 6.17. The molecular weight excluding hydrogens is 375 g/mol. The first-order chi connectivity index (χ1) is 13.0. The Kier molecular flexibility index (Phi) is 4.23. The number of nitrogens with zero attached hydrogens (tertiary/aromatic N) is 2. The lowest BCUT2D eigenvalue weighted by molar-refractivity contribution is 0.00578. The molecule has 2 aromatic heterocycles. The lowest BCUT2D eigenvalue weighted by Gasteiger charge is -2.32. The number of pyridine rings is 1. The van der Waals surface area contributed by atoms with Crippen molar-refractivity contribution in [2.45, 2.75) is 50.7 Å². The maximum atomic E-state index is 13.5. The first-order valence-corrected chi connectivity index (χ1v) is 10.6. The van der Waals surface area contributed by atoms with E-state index in [2.05, 4.69) is 4.98 Å². The Morgan fingerprint density at radius 3 is 2.21 bits per heavy atom. The molecule has 0 spiro atoms. The fraction of sp³-hybridized carbons (Fsp3) is 0.350. The molecule has 1 aliphatic rings. The summed E-state index contributed by atoms with van der Waals surface area (Å²) >= 11 is 0. The molecule has 6 nitrogen and oxygen atoms in total. The molecule has 1 aliphatic heterocycles. The molecule has 0 atom stereocenters. The lowest BCUT2D eigenvalue weighted by Crippen LogP contribution is -2.41. The molecule has 1 aromatic carbocycles. The zero-order valence-electron chi connectivity index (χ0n) is 16.6. The molecule has 146 valence electrons. The number of aromatic nitrogens is 2. The first-order valence-electron chi connectivity index (χ1n) is 9.17. The molecule has 28 heavy (non-hydrogen) atoms. The van der Waals surface area contributed by atoms with Crippen LogP contribution in [0, 0.1) is 6.92 Å². The normalized spacial score (nSPS) is 18.7. The number of aryl methyl sites for hydroxylation is 1. The van der Waals surface area contributed by atoms with Gasteiger partial charge in [-0.2, -0.15) is 0 Å². The van der Waals surface area contributed by atoms with Gasteiger partial charge in [0.2, 0.25) is 0 Å². The summed E-state index contributed by atoms with van der Waals surface area (Å²) in [5.41, 5.74) is 0.585. The Hall–Kier alpha value is -2.16. The van der Waals surface area contributed by atoms with Gasteiger partial charge in [-0.3, -0.25) is 0 Å². The van der Waals surface area contributed by atoms with Crippen molar-refractivity contribution in [3.8, 4) is 0 Å². The van der Waals surface area contributed by atoms with Crippen molar-refractivity contribution in [1.82, 2.24) is 8.96 Å². The Labute approximate surface area is 165 Å². The molecular formula is C20H23BN2O4S. The van der Waals surface area contributed by atoms with Crippen molar-refractivity contribution in [2.24, 2.45) is 0 Å². The van der Waals surface area contributed by atoms with Gasteiger partial charge in [-0.05, 0) is 65.0 Å². The number of hydrogen-bond acceptors (Lipinski definition) is 5. The summed E-state index contributed by atoms with van der Waals surface area (Å²) in [6.45, 7) is 9.66. The van der Waals surface area contributed by atoms with E-state index in [-0.39, 0.29) is 4.90 Å². The third-order valence-corrected chi connectivity index (χ3v) is 7.33. The van der Waals surface area contributed by atoms with E-state index >= 15 is 0 Å². The molecule has 0 aliphatic carbocycles. The van der Waals surface area contributed by atoms with Crippen LogP contribution < -0.4 is 5.59 Å². The van der Waals surface area contributed by atoms with Crippen LogP contribution in [0.1, 0.15) is 33.3 Å². The van der Waals surface area contributed by atoms with Gasteiger partial charge in [-0.25, -0.2) is 17.4 Å². The van der Waals surface area contributed by atoms with Gasteiger partial charge in [0, 0.05) is 11.6 Å². The predicted molar refractivity (Wildman–Crippen MR) is 109 cm³/mol. The van der Waals surface area contributed by atoms with Crippen molar-refractivity contribution < 1.29 is 17.7 Å². The molecule has 0 saturated carbocycles. The third-order valence-electron chi connectivity index (χ3n) is 5.60. The summed E-state index contributed by atoms with van der Waals surface area (Å²) < 4.78 is 40.6. The highest BCUT2D eigenvalue weighted by Gasteiger charge is 2.53. The van der Waals surface area contributed by atoms with E-state index in [0.717, 1.165) is 5.56 Å². The average molecular weight is 398 g/mol. The molecule has 3 aromatic rings. The molecule has 0 bridgehead atoms. The quantitative estimate of drug-likeness (QED) is 0.635. The smallest absolute Gasteiger partial charge is 0.398 e. The van der Waals surface area contributed by atoms with Crippen molar-refractivity contribution >= 4 is 33.8 Å². The summed E-state index contributed by atoms with van der Waals surface area (Å²) in [5.74, 6) is 0. The number of benzene rings is 1. The monoisotopic (exact) mass is 398 g/mol. The zero-order chi connectivity index (χ0) is 20.3. The molecule has 0 radical (unpaired) electrons. The summed E-state index contributed by atoms with van der Waals surface area (Å²) in [5, 5.41) is 0.711. The number of fused-ring (bicyclic) bond motifs is 1. The minimum atomic E-state index is -3.89. The van der Waals surface area contributed by atoms with Crippen LogP contribution in [0.25, 0.3) is 11.0 Å². The summed E-state index contributed by atoms with van der Waals surface area (Å²) in [4.78, 5) is 4.52. The SMILES string of the molecule is Cc1ccc(S(=O)(=O)n2c(B3OC(C)(C)C(C)(C)O3)cc3cccnc32)cc1. The predicted octanol–water partition coefficient (Wildman–Crippen LogP) is 2.88. The molecule has 0 unspecified atom stereocenters. The van der Waals surface area contributed by atoms with Crippen molar-refractivity contribution in [1.29, 1.82) is 0 Å². The highest BCUT2D eigenvalue weighted by atomic mass is 32.2. The van der Waals surface area contributed by atoms with Gasteiger partial charge in [0.15, 0.2) is 5.65 Å². The van der Waals surface area contributed by atoms with E-state index in [1.807, 2.05) is 40.7 Å². The molecule has 8 heteroatoms. The van der Waals surface area contributed by atoms with E-state index < -0.39 is 28.3 Å². The Bertz CT molecular complexity index is 1130. The van der Waals surface area contributed by atoms with Crippen LogP contribution in [0.5, 0.6) is 0 Å². The highest BCUT2D eigenvalue weighted by Crippen LogP contribution is 2.37. The maximum absolute atomic E-state index is 13.5. The second-order valence-corrected chi connectivity index (χ2v) is 9.94. The van der Waals surface area contributed by atoms with E-state index in [1.165, 1.54) is 3.97 Å². The fourth-order valence-corrected chi connectivity index (χ4v) is 4.72. The maximum Gasteiger partial charge on any atom is 0.513 e. The van der Waals surface area contributed by atoms with E-state index in [0.29, 0.717) is 16.6 Å². The Morgan fingerprint density at radius 1 is 1.00 bits per heavy atom. The van der Waals surface area contributed by atoms with Crippen LogP contribution in [0.3, 0.4) is 0 Å². The Morgan fingerprint density at radius 2 is 1.61 bits per heavy atom. The topological polar surface area (TPSA) is 70.4 Å². The zero-order valence-corrected chi connectivity index (χ0v) is 17.4. The Balaban J connectivity index is 1.94. The first kappa shape index (κ1) is 19.2. The van der Waals surface area contributed by atoms with Crippen molar-refractivity contribution in [3.05, 3.63) is 54.2 Å². The highest BCUT2D eigenvalue weighted by molar-refractivity contribution is 7.90. The standard InChI is InChI=1S/C20H23BN2O4S/c1-14-8-10-16(11-9-14)28(24,25)23-17(13-15-7-6-12-22-18(15)23)21-26-19(2,3)20(4,5)27-21/h6-13H,1-5H3. The van der Waals surface area contributed by atoms with Gasteiger partial charge in [0.1, 0.15) is 0 Å². The van der Waals surface area contributed by atoms with Crippen LogP contribution in [0.2, 0.25) is 0 Å². The summed E-state index contributed by atoms with van der Waals surface area (Å²) in [6.07, 6.45) is 1.58. The second-order valence-electron chi connectivity index (χ2n) is 8.16. The molecule has 1 saturated heterocycles. The van der Waals surface area contributed by atoms with Gasteiger partial charge in [-0.15, -0.1) is 0 Å². The minimum absolute atomic E-state index is 0.194. The van der Waals surface area contributed by atoms with Crippen LogP contribution >= 0.6 is 0 Å². The third kappa shape index (κ3) is 2.87.